The molecule has 0 aliphatic carbocycles. The third kappa shape index (κ3) is 5.67. The highest BCUT2D eigenvalue weighted by atomic mass is 19.1. The van der Waals surface area contributed by atoms with Gasteiger partial charge in [-0.05, 0) is 72.7 Å². The summed E-state index contributed by atoms with van der Waals surface area (Å²) in [6, 6.07) is 20.1. The van der Waals surface area contributed by atoms with E-state index in [9.17, 15) is 4.39 Å². The standard InChI is InChI=1S/C26H27F.C2H6O/c1-6-21-13-14-23(27)16-25(21)26(24-15-18(3)7-10-19(24)4)20(5)22-11-8-17(2)9-12-22;1-3-2/h7-16,26H,5-6H2,1-4H3;1-2H3. The monoisotopic (exact) mass is 404 g/mol. The van der Waals surface area contributed by atoms with E-state index in [0.717, 1.165) is 28.7 Å². The third-order valence-electron chi connectivity index (χ3n) is 5.32. The van der Waals surface area contributed by atoms with Gasteiger partial charge in [-0.3, -0.25) is 0 Å². The van der Waals surface area contributed by atoms with Crippen molar-refractivity contribution < 1.29 is 9.13 Å². The van der Waals surface area contributed by atoms with E-state index in [1.807, 2.05) is 6.07 Å². The molecule has 3 rings (SSSR count). The van der Waals surface area contributed by atoms with Crippen LogP contribution in [0.5, 0.6) is 0 Å². The van der Waals surface area contributed by atoms with Gasteiger partial charge in [0.05, 0.1) is 0 Å². The van der Waals surface area contributed by atoms with Gasteiger partial charge in [-0.1, -0.05) is 73.2 Å². The Labute approximate surface area is 181 Å². The number of aryl methyl sites for hydroxylation is 4. The van der Waals surface area contributed by atoms with E-state index in [4.69, 9.17) is 0 Å². The predicted octanol–water partition coefficient (Wildman–Crippen LogP) is 7.42. The number of allylic oxidation sites excluding steroid dienone is 1. The van der Waals surface area contributed by atoms with E-state index in [1.165, 1.54) is 22.3 Å². The fourth-order valence-electron chi connectivity index (χ4n) is 3.70. The van der Waals surface area contributed by atoms with Crippen LogP contribution >= 0.6 is 0 Å². The minimum absolute atomic E-state index is 0.0711. The van der Waals surface area contributed by atoms with Crippen LogP contribution < -0.4 is 0 Å². The fraction of sp³-hybridized carbons (Fsp3) is 0.286. The van der Waals surface area contributed by atoms with Crippen LogP contribution in [0.1, 0.15) is 51.8 Å². The van der Waals surface area contributed by atoms with Crippen LogP contribution in [0, 0.1) is 26.6 Å². The number of rotatable bonds is 5. The first kappa shape index (κ1) is 23.6. The van der Waals surface area contributed by atoms with Crippen molar-refractivity contribution in [2.45, 2.75) is 40.0 Å². The lowest BCUT2D eigenvalue weighted by atomic mass is 9.78. The average Bonchev–Trinajstić information content (AvgIpc) is 2.72. The largest absolute Gasteiger partial charge is 0.388 e. The lowest BCUT2D eigenvalue weighted by Gasteiger charge is -2.26. The number of hydrogen-bond donors (Lipinski definition) is 0. The molecule has 1 nitrogen and oxygen atoms in total. The number of hydrogen-bond acceptors (Lipinski definition) is 1. The molecule has 0 saturated heterocycles. The fourth-order valence-corrected chi connectivity index (χ4v) is 3.70. The van der Waals surface area contributed by atoms with Crippen molar-refractivity contribution in [3.05, 3.63) is 112 Å². The second-order valence-electron chi connectivity index (χ2n) is 7.79. The van der Waals surface area contributed by atoms with E-state index in [-0.39, 0.29) is 11.7 Å². The molecule has 0 spiro atoms. The summed E-state index contributed by atoms with van der Waals surface area (Å²) < 4.78 is 18.5. The second kappa shape index (κ2) is 10.9. The topological polar surface area (TPSA) is 9.23 Å². The predicted molar refractivity (Wildman–Crippen MR) is 127 cm³/mol. The molecule has 0 aliphatic heterocycles. The lowest BCUT2D eigenvalue weighted by molar-refractivity contribution is 0.277. The Morgan fingerprint density at radius 1 is 0.867 bits per heavy atom. The van der Waals surface area contributed by atoms with Gasteiger partial charge in [-0.15, -0.1) is 0 Å². The van der Waals surface area contributed by atoms with Crippen LogP contribution in [-0.2, 0) is 11.2 Å². The van der Waals surface area contributed by atoms with Crippen LogP contribution in [-0.4, -0.2) is 14.2 Å². The van der Waals surface area contributed by atoms with Crippen LogP contribution in [0.4, 0.5) is 4.39 Å². The molecule has 0 radical (unpaired) electrons. The van der Waals surface area contributed by atoms with E-state index >= 15 is 0 Å². The summed E-state index contributed by atoms with van der Waals surface area (Å²) in [6.45, 7) is 12.9. The minimum Gasteiger partial charge on any atom is -0.388 e. The highest BCUT2D eigenvalue weighted by Gasteiger charge is 2.23. The van der Waals surface area contributed by atoms with E-state index < -0.39 is 0 Å². The van der Waals surface area contributed by atoms with Crippen molar-refractivity contribution in [2.75, 3.05) is 14.2 Å². The summed E-state index contributed by atoms with van der Waals surface area (Å²) in [4.78, 5) is 0. The van der Waals surface area contributed by atoms with Gasteiger partial charge in [-0.2, -0.15) is 0 Å². The summed E-state index contributed by atoms with van der Waals surface area (Å²) in [5.41, 5.74) is 9.09. The Kier molecular flexibility index (Phi) is 8.56. The van der Waals surface area contributed by atoms with Crippen LogP contribution in [0.2, 0.25) is 0 Å². The first-order valence-corrected chi connectivity index (χ1v) is 10.3. The Balaban J connectivity index is 0.00000101. The quantitative estimate of drug-likeness (QED) is 0.430. The van der Waals surface area contributed by atoms with Gasteiger partial charge < -0.3 is 4.74 Å². The highest BCUT2D eigenvalue weighted by Crippen LogP contribution is 2.40. The van der Waals surface area contributed by atoms with Gasteiger partial charge in [-0.25, -0.2) is 4.39 Å². The lowest BCUT2D eigenvalue weighted by Crippen LogP contribution is -2.09. The van der Waals surface area contributed by atoms with Crippen molar-refractivity contribution in [3.8, 4) is 0 Å². The van der Waals surface area contributed by atoms with Crippen LogP contribution in [0.25, 0.3) is 5.57 Å². The summed E-state index contributed by atoms with van der Waals surface area (Å²) in [6.07, 6.45) is 0.859. The van der Waals surface area contributed by atoms with Gasteiger partial charge >= 0.3 is 0 Å². The third-order valence-corrected chi connectivity index (χ3v) is 5.32. The van der Waals surface area contributed by atoms with E-state index in [1.54, 1.807) is 26.4 Å². The molecule has 0 N–H and O–H groups in total. The molecule has 2 heteroatoms. The highest BCUT2D eigenvalue weighted by molar-refractivity contribution is 5.75. The van der Waals surface area contributed by atoms with Crippen molar-refractivity contribution in [1.82, 2.24) is 0 Å². The van der Waals surface area contributed by atoms with E-state index in [0.29, 0.717) is 0 Å². The first-order chi connectivity index (χ1) is 14.3. The Morgan fingerprint density at radius 2 is 1.47 bits per heavy atom. The Bertz CT molecular complexity index is 986. The number of benzene rings is 3. The molecule has 0 amide bonds. The molecule has 30 heavy (non-hydrogen) atoms. The zero-order valence-corrected chi connectivity index (χ0v) is 19.1. The van der Waals surface area contributed by atoms with Crippen LogP contribution in [0.3, 0.4) is 0 Å². The zero-order valence-electron chi connectivity index (χ0n) is 19.1. The first-order valence-electron chi connectivity index (χ1n) is 10.3. The van der Waals surface area contributed by atoms with Crippen molar-refractivity contribution in [2.24, 2.45) is 0 Å². The Morgan fingerprint density at radius 3 is 2.07 bits per heavy atom. The number of ether oxygens (including phenoxy) is 1. The maximum atomic E-state index is 14.2. The number of halogens is 1. The molecule has 0 aromatic heterocycles. The maximum Gasteiger partial charge on any atom is 0.123 e. The van der Waals surface area contributed by atoms with Gasteiger partial charge in [0.2, 0.25) is 0 Å². The second-order valence-corrected chi connectivity index (χ2v) is 7.79. The van der Waals surface area contributed by atoms with Crippen molar-refractivity contribution in [1.29, 1.82) is 0 Å². The summed E-state index contributed by atoms with van der Waals surface area (Å²) in [7, 11) is 3.25. The molecule has 1 unspecified atom stereocenters. The molecule has 0 bridgehead atoms. The zero-order chi connectivity index (χ0) is 22.3. The molecule has 3 aromatic rings. The van der Waals surface area contributed by atoms with Gasteiger partial charge in [0, 0.05) is 20.1 Å². The molecule has 1 atom stereocenters. The van der Waals surface area contributed by atoms with E-state index in [2.05, 4.69) is 81.5 Å². The summed E-state index contributed by atoms with van der Waals surface area (Å²) in [5, 5.41) is 0. The molecule has 0 fully saturated rings. The smallest absolute Gasteiger partial charge is 0.123 e. The molecule has 0 saturated carbocycles. The molecule has 0 aliphatic rings. The maximum absolute atomic E-state index is 14.2. The molecule has 3 aromatic carbocycles. The molecular weight excluding hydrogens is 371 g/mol. The van der Waals surface area contributed by atoms with Gasteiger partial charge in [0.1, 0.15) is 5.82 Å². The van der Waals surface area contributed by atoms with Crippen molar-refractivity contribution in [3.63, 3.8) is 0 Å². The summed E-state index contributed by atoms with van der Waals surface area (Å²) >= 11 is 0. The minimum atomic E-state index is -0.200. The molecule has 158 valence electrons. The average molecular weight is 405 g/mol. The normalized spacial score (nSPS) is 11.4. The molecular formula is C28H33FO. The number of methoxy groups -OCH3 is 1. The summed E-state index contributed by atoms with van der Waals surface area (Å²) in [5.74, 6) is -0.271. The van der Waals surface area contributed by atoms with Crippen LogP contribution in [0.15, 0.2) is 67.2 Å². The van der Waals surface area contributed by atoms with Gasteiger partial charge in [0.15, 0.2) is 0 Å². The molecule has 0 heterocycles. The van der Waals surface area contributed by atoms with Gasteiger partial charge in [0.25, 0.3) is 0 Å². The Hall–Kier alpha value is -2.71. The van der Waals surface area contributed by atoms with Crippen molar-refractivity contribution >= 4 is 5.57 Å². The SMILES string of the molecule is C=C(c1ccc(C)cc1)C(c1cc(C)ccc1C)c1cc(F)ccc1CC.COC.